The van der Waals surface area contributed by atoms with Gasteiger partial charge in [-0.3, -0.25) is 0 Å². The molecule has 1 heterocycles. The Morgan fingerprint density at radius 2 is 1.60 bits per heavy atom. The van der Waals surface area contributed by atoms with E-state index < -0.39 is 28.2 Å². The Hall–Kier alpha value is -1.86. The minimum Gasteiger partial charge on any atom is -0.207 e. The van der Waals surface area contributed by atoms with Crippen LogP contribution < -0.4 is 0 Å². The Kier molecular flexibility index (Phi) is 4.64. The molecule has 1 aliphatic rings. The third kappa shape index (κ3) is 3.43. The molecule has 0 N–H and O–H groups in total. The van der Waals surface area contributed by atoms with Crippen molar-refractivity contribution in [2.24, 2.45) is 5.92 Å². The summed E-state index contributed by atoms with van der Waals surface area (Å²) in [7, 11) is -4.01. The third-order valence-corrected chi connectivity index (χ3v) is 6.44. The van der Waals surface area contributed by atoms with Crippen LogP contribution in [0.4, 0.5) is 13.2 Å². The van der Waals surface area contributed by atoms with Gasteiger partial charge in [-0.25, -0.2) is 8.42 Å². The lowest BCUT2D eigenvalue weighted by Crippen LogP contribution is -2.35. The van der Waals surface area contributed by atoms with Crippen LogP contribution in [0.2, 0.25) is 0 Å². The van der Waals surface area contributed by atoms with Gasteiger partial charge in [0.25, 0.3) is 0 Å². The highest BCUT2D eigenvalue weighted by Crippen LogP contribution is 2.48. The van der Waals surface area contributed by atoms with Gasteiger partial charge in [-0.05, 0) is 31.0 Å². The van der Waals surface area contributed by atoms with Gasteiger partial charge in [0.05, 0.1) is 16.9 Å². The van der Waals surface area contributed by atoms with Crippen LogP contribution in [-0.4, -0.2) is 25.4 Å². The van der Waals surface area contributed by atoms with E-state index in [0.717, 1.165) is 9.87 Å². The first-order chi connectivity index (χ1) is 11.7. The summed E-state index contributed by atoms with van der Waals surface area (Å²) in [6.45, 7) is 1.67. The third-order valence-electron chi connectivity index (χ3n) is 4.54. The van der Waals surface area contributed by atoms with Crippen LogP contribution in [0, 0.1) is 12.8 Å². The molecule has 1 saturated heterocycles. The molecule has 1 fully saturated rings. The van der Waals surface area contributed by atoms with Gasteiger partial charge in [0, 0.05) is 6.54 Å². The second-order valence-corrected chi connectivity index (χ2v) is 8.11. The summed E-state index contributed by atoms with van der Waals surface area (Å²) in [5.74, 6) is -1.71. The van der Waals surface area contributed by atoms with Gasteiger partial charge in [-0.15, -0.1) is 0 Å². The second-order valence-electron chi connectivity index (χ2n) is 6.22. The molecule has 0 unspecified atom stereocenters. The topological polar surface area (TPSA) is 37.4 Å². The number of hydrogen-bond donors (Lipinski definition) is 0. The minimum absolute atomic E-state index is 0.0156. The Balaban J connectivity index is 2.06. The highest BCUT2D eigenvalue weighted by atomic mass is 32.2. The highest BCUT2D eigenvalue weighted by Gasteiger charge is 2.53. The van der Waals surface area contributed by atoms with E-state index in [1.54, 1.807) is 42.5 Å². The molecule has 3 rings (SSSR count). The summed E-state index contributed by atoms with van der Waals surface area (Å²) in [4.78, 5) is 0.0156. The number of rotatable bonds is 3. The van der Waals surface area contributed by atoms with Crippen LogP contribution in [0.1, 0.15) is 23.6 Å². The largest absolute Gasteiger partial charge is 0.393 e. The fourth-order valence-electron chi connectivity index (χ4n) is 3.27. The number of alkyl halides is 3. The predicted molar refractivity (Wildman–Crippen MR) is 88.4 cm³/mol. The summed E-state index contributed by atoms with van der Waals surface area (Å²) in [6, 6.07) is 13.0. The SMILES string of the molecule is Cc1ccc(S(=O)(=O)N2CC[C@@H](C(F)(F)F)[C@H]2c2ccccc2)cc1. The zero-order chi connectivity index (χ0) is 18.2. The van der Waals surface area contributed by atoms with Crippen molar-refractivity contribution in [2.75, 3.05) is 6.54 Å². The van der Waals surface area contributed by atoms with E-state index in [2.05, 4.69) is 0 Å². The fourth-order valence-corrected chi connectivity index (χ4v) is 4.93. The number of sulfonamides is 1. The number of hydrogen-bond acceptors (Lipinski definition) is 2. The number of aryl methyl sites for hydroxylation is 1. The number of nitrogens with zero attached hydrogens (tertiary/aromatic N) is 1. The van der Waals surface area contributed by atoms with Crippen molar-refractivity contribution in [1.82, 2.24) is 4.31 Å². The molecule has 1 aliphatic heterocycles. The van der Waals surface area contributed by atoms with Crippen LogP contribution in [0.3, 0.4) is 0 Å². The first-order valence-corrected chi connectivity index (χ1v) is 9.35. The first-order valence-electron chi connectivity index (χ1n) is 7.91. The lowest BCUT2D eigenvalue weighted by atomic mass is 9.94. The Morgan fingerprint density at radius 3 is 2.16 bits per heavy atom. The summed E-state index contributed by atoms with van der Waals surface area (Å²) >= 11 is 0. The minimum atomic E-state index is -4.46. The fraction of sp³-hybridized carbons (Fsp3) is 0.333. The average Bonchev–Trinajstić information content (AvgIpc) is 3.02. The molecule has 2 aromatic rings. The molecule has 0 aliphatic carbocycles. The van der Waals surface area contributed by atoms with Crippen LogP contribution in [0.15, 0.2) is 59.5 Å². The maximum absolute atomic E-state index is 13.5. The molecule has 2 aromatic carbocycles. The quantitative estimate of drug-likeness (QED) is 0.809. The molecular formula is C18H18F3NO2S. The van der Waals surface area contributed by atoms with Crippen molar-refractivity contribution < 1.29 is 21.6 Å². The Bertz CT molecular complexity index is 833. The molecule has 0 saturated carbocycles. The molecule has 0 amide bonds. The molecule has 0 aromatic heterocycles. The van der Waals surface area contributed by atoms with Gasteiger partial charge in [-0.2, -0.15) is 17.5 Å². The van der Waals surface area contributed by atoms with Crippen LogP contribution in [0.5, 0.6) is 0 Å². The molecule has 0 radical (unpaired) electrons. The average molecular weight is 369 g/mol. The maximum Gasteiger partial charge on any atom is 0.393 e. The van der Waals surface area contributed by atoms with Gasteiger partial charge >= 0.3 is 6.18 Å². The monoisotopic (exact) mass is 369 g/mol. The van der Waals surface area contributed by atoms with E-state index in [1.165, 1.54) is 12.1 Å². The van der Waals surface area contributed by atoms with E-state index >= 15 is 0 Å². The zero-order valence-corrected chi connectivity index (χ0v) is 14.4. The van der Waals surface area contributed by atoms with E-state index in [-0.39, 0.29) is 17.9 Å². The smallest absolute Gasteiger partial charge is 0.207 e. The zero-order valence-electron chi connectivity index (χ0n) is 13.6. The van der Waals surface area contributed by atoms with Gasteiger partial charge < -0.3 is 0 Å². The molecular weight excluding hydrogens is 351 g/mol. The van der Waals surface area contributed by atoms with Crippen molar-refractivity contribution in [3.8, 4) is 0 Å². The maximum atomic E-state index is 13.5. The number of halogens is 3. The van der Waals surface area contributed by atoms with Crippen molar-refractivity contribution in [1.29, 1.82) is 0 Å². The van der Waals surface area contributed by atoms with Gasteiger partial charge in [-0.1, -0.05) is 48.0 Å². The van der Waals surface area contributed by atoms with Crippen molar-refractivity contribution in [2.45, 2.75) is 30.5 Å². The van der Waals surface area contributed by atoms with Gasteiger partial charge in [0.15, 0.2) is 0 Å². The van der Waals surface area contributed by atoms with E-state index in [1.807, 2.05) is 6.92 Å². The standard InChI is InChI=1S/C18H18F3NO2S/c1-13-7-9-15(10-8-13)25(23,24)22-12-11-16(18(19,20)21)17(22)14-5-3-2-4-6-14/h2-10,16-17H,11-12H2,1H3/t16-,17-/m1/s1. The van der Waals surface area contributed by atoms with E-state index in [4.69, 9.17) is 0 Å². The summed E-state index contributed by atoms with van der Waals surface area (Å²) in [6.07, 6.45) is -4.70. The van der Waals surface area contributed by atoms with Crippen molar-refractivity contribution >= 4 is 10.0 Å². The van der Waals surface area contributed by atoms with Crippen LogP contribution in [0.25, 0.3) is 0 Å². The summed E-state index contributed by atoms with van der Waals surface area (Å²) < 4.78 is 67.4. The van der Waals surface area contributed by atoms with Crippen molar-refractivity contribution in [3.63, 3.8) is 0 Å². The second kappa shape index (κ2) is 6.46. The lowest BCUT2D eigenvalue weighted by Gasteiger charge is -2.29. The molecule has 3 nitrogen and oxygen atoms in total. The highest BCUT2D eigenvalue weighted by molar-refractivity contribution is 7.89. The molecule has 134 valence electrons. The predicted octanol–water partition coefficient (Wildman–Crippen LogP) is 4.31. The van der Waals surface area contributed by atoms with Crippen LogP contribution in [-0.2, 0) is 10.0 Å². The first kappa shape index (κ1) is 17.9. The molecule has 2 atom stereocenters. The molecule has 0 spiro atoms. The molecule has 25 heavy (non-hydrogen) atoms. The normalized spacial score (nSPS) is 22.2. The lowest BCUT2D eigenvalue weighted by molar-refractivity contribution is -0.179. The molecule has 7 heteroatoms. The van der Waals surface area contributed by atoms with E-state index in [9.17, 15) is 21.6 Å². The Labute approximate surface area is 145 Å². The van der Waals surface area contributed by atoms with Crippen LogP contribution >= 0.6 is 0 Å². The Morgan fingerprint density at radius 1 is 1.00 bits per heavy atom. The summed E-state index contributed by atoms with van der Waals surface area (Å²) in [5.41, 5.74) is 1.24. The van der Waals surface area contributed by atoms with E-state index in [0.29, 0.717) is 5.56 Å². The van der Waals surface area contributed by atoms with Crippen molar-refractivity contribution in [3.05, 3.63) is 65.7 Å². The summed E-state index contributed by atoms with van der Waals surface area (Å²) in [5, 5.41) is 0. The van der Waals surface area contributed by atoms with Gasteiger partial charge in [0.1, 0.15) is 0 Å². The number of benzene rings is 2. The molecule has 0 bridgehead atoms. The van der Waals surface area contributed by atoms with Gasteiger partial charge in [0.2, 0.25) is 10.0 Å².